The van der Waals surface area contributed by atoms with Gasteiger partial charge in [0.25, 0.3) is 0 Å². The number of aliphatic hydroxyl groups is 1. The van der Waals surface area contributed by atoms with E-state index in [1.165, 1.54) is 24.3 Å². The minimum absolute atomic E-state index is 0.0106. The summed E-state index contributed by atoms with van der Waals surface area (Å²) in [6.45, 7) is 0.442. The molecule has 158 valence electrons. The highest BCUT2D eigenvalue weighted by atomic mass is 16.6. The number of hydrogen-bond acceptors (Lipinski definition) is 7. The van der Waals surface area contributed by atoms with E-state index in [4.69, 9.17) is 5.11 Å². The Kier molecular flexibility index (Phi) is 6.24. The van der Waals surface area contributed by atoms with Crippen LogP contribution in [0.2, 0.25) is 0 Å². The summed E-state index contributed by atoms with van der Waals surface area (Å²) in [6.07, 6.45) is 3.36. The van der Waals surface area contributed by atoms with Gasteiger partial charge in [0, 0.05) is 44.6 Å². The third kappa shape index (κ3) is 4.07. The van der Waals surface area contributed by atoms with Crippen molar-refractivity contribution < 1.29 is 20.2 Å². The fourth-order valence-electron chi connectivity index (χ4n) is 3.34. The lowest BCUT2D eigenvalue weighted by atomic mass is 10.1. The second-order valence-corrected chi connectivity index (χ2v) is 6.98. The van der Waals surface area contributed by atoms with Crippen LogP contribution in [-0.4, -0.2) is 57.0 Å². The Morgan fingerprint density at radius 3 is 2.47 bits per heavy atom. The molecule has 30 heavy (non-hydrogen) atoms. The van der Waals surface area contributed by atoms with Crippen LogP contribution in [0.15, 0.2) is 42.6 Å². The van der Waals surface area contributed by atoms with E-state index in [0.29, 0.717) is 34.4 Å². The molecule has 0 aliphatic carbocycles. The van der Waals surface area contributed by atoms with Gasteiger partial charge in [-0.25, -0.2) is 0 Å². The van der Waals surface area contributed by atoms with Crippen LogP contribution in [0.1, 0.15) is 11.3 Å². The standard InChI is InChI=1S/C21H24N4O5/c1-23(2)11-9-18-21(25(29)30)16-7-8-19(28)17(13-22-10-12-26)20(16)24(18)14-3-5-15(27)6-4-14/h3-9,11,22,26-28H,10,12-13H2,1-2H3. The van der Waals surface area contributed by atoms with Crippen LogP contribution < -0.4 is 5.32 Å². The van der Waals surface area contributed by atoms with Crippen molar-refractivity contribution in [1.82, 2.24) is 14.8 Å². The Hall–Kier alpha value is -3.56. The van der Waals surface area contributed by atoms with E-state index in [1.54, 1.807) is 33.9 Å². The van der Waals surface area contributed by atoms with Crippen molar-refractivity contribution in [3.63, 3.8) is 0 Å². The van der Waals surface area contributed by atoms with Gasteiger partial charge in [-0.2, -0.15) is 0 Å². The molecule has 0 fully saturated rings. The topological polar surface area (TPSA) is 124 Å². The molecule has 0 aliphatic rings. The molecular weight excluding hydrogens is 388 g/mol. The predicted octanol–water partition coefficient (Wildman–Crippen LogP) is 2.56. The van der Waals surface area contributed by atoms with E-state index < -0.39 is 4.92 Å². The fourth-order valence-corrected chi connectivity index (χ4v) is 3.34. The molecule has 0 aliphatic heterocycles. The Morgan fingerprint density at radius 1 is 1.17 bits per heavy atom. The van der Waals surface area contributed by atoms with Gasteiger partial charge >= 0.3 is 5.69 Å². The molecule has 9 heteroatoms. The molecule has 0 atom stereocenters. The molecule has 3 rings (SSSR count). The first-order valence-corrected chi connectivity index (χ1v) is 9.34. The largest absolute Gasteiger partial charge is 0.508 e. The van der Waals surface area contributed by atoms with Gasteiger partial charge < -0.3 is 30.1 Å². The Labute approximate surface area is 173 Å². The number of aromatic nitrogens is 1. The number of aliphatic hydroxyl groups excluding tert-OH is 1. The maximum Gasteiger partial charge on any atom is 0.302 e. The SMILES string of the molecule is CN(C)C=Cc1c([N+](=O)[O-])c2ccc(O)c(CNCCO)c2n1-c1ccc(O)cc1. The summed E-state index contributed by atoms with van der Waals surface area (Å²) in [6, 6.07) is 9.27. The predicted molar refractivity (Wildman–Crippen MR) is 115 cm³/mol. The van der Waals surface area contributed by atoms with Gasteiger partial charge in [0.15, 0.2) is 0 Å². The number of phenolic OH excluding ortho intramolecular Hbond substituents is 2. The Balaban J connectivity index is 2.42. The molecule has 0 bridgehead atoms. The first-order chi connectivity index (χ1) is 14.3. The van der Waals surface area contributed by atoms with E-state index in [-0.39, 0.29) is 30.3 Å². The van der Waals surface area contributed by atoms with Gasteiger partial charge in [-0.1, -0.05) is 0 Å². The summed E-state index contributed by atoms with van der Waals surface area (Å²) in [4.78, 5) is 13.4. The van der Waals surface area contributed by atoms with Crippen LogP contribution in [-0.2, 0) is 6.54 Å². The average molecular weight is 412 g/mol. The average Bonchev–Trinajstić information content (AvgIpc) is 3.03. The van der Waals surface area contributed by atoms with Crippen LogP contribution in [0.25, 0.3) is 22.7 Å². The Bertz CT molecular complexity index is 1090. The van der Waals surface area contributed by atoms with E-state index in [2.05, 4.69) is 5.32 Å². The van der Waals surface area contributed by atoms with Crippen LogP contribution in [0, 0.1) is 10.1 Å². The molecule has 3 aromatic rings. The van der Waals surface area contributed by atoms with Crippen molar-refractivity contribution in [2.24, 2.45) is 0 Å². The number of nitrogens with zero attached hydrogens (tertiary/aromatic N) is 3. The van der Waals surface area contributed by atoms with Crippen molar-refractivity contribution in [1.29, 1.82) is 0 Å². The zero-order valence-corrected chi connectivity index (χ0v) is 16.7. The van der Waals surface area contributed by atoms with Crippen LogP contribution in [0.4, 0.5) is 5.69 Å². The van der Waals surface area contributed by atoms with E-state index in [0.717, 1.165) is 0 Å². The third-order valence-corrected chi connectivity index (χ3v) is 4.63. The van der Waals surface area contributed by atoms with Crippen molar-refractivity contribution >= 4 is 22.7 Å². The van der Waals surface area contributed by atoms with E-state index in [1.807, 2.05) is 14.1 Å². The monoisotopic (exact) mass is 412 g/mol. The second-order valence-electron chi connectivity index (χ2n) is 6.98. The lowest BCUT2D eigenvalue weighted by molar-refractivity contribution is -0.383. The van der Waals surface area contributed by atoms with Crippen molar-refractivity contribution in [3.05, 3.63) is 64.0 Å². The summed E-state index contributed by atoms with van der Waals surface area (Å²) in [5.74, 6) is 0.0614. The number of nitro groups is 1. The highest BCUT2D eigenvalue weighted by molar-refractivity contribution is 5.99. The maximum absolute atomic E-state index is 12.0. The smallest absolute Gasteiger partial charge is 0.302 e. The molecule has 0 saturated carbocycles. The third-order valence-electron chi connectivity index (χ3n) is 4.63. The minimum atomic E-state index is -0.434. The summed E-state index contributed by atoms with van der Waals surface area (Å²) >= 11 is 0. The number of fused-ring (bicyclic) bond motifs is 1. The number of aromatic hydroxyl groups is 2. The summed E-state index contributed by atoms with van der Waals surface area (Å²) in [5.41, 5.74) is 1.80. The van der Waals surface area contributed by atoms with Crippen molar-refractivity contribution in [2.75, 3.05) is 27.2 Å². The molecular formula is C21H24N4O5. The van der Waals surface area contributed by atoms with Crippen LogP contribution in [0.3, 0.4) is 0 Å². The second kappa shape index (κ2) is 8.85. The zero-order valence-electron chi connectivity index (χ0n) is 16.7. The number of hydrogen-bond donors (Lipinski definition) is 4. The molecule has 0 unspecified atom stereocenters. The summed E-state index contributed by atoms with van der Waals surface area (Å²) in [7, 11) is 3.62. The normalized spacial score (nSPS) is 11.4. The van der Waals surface area contributed by atoms with Gasteiger partial charge in [0.2, 0.25) is 0 Å². The van der Waals surface area contributed by atoms with Crippen LogP contribution >= 0.6 is 0 Å². The van der Waals surface area contributed by atoms with Gasteiger partial charge in [0.05, 0.1) is 22.4 Å². The lowest BCUT2D eigenvalue weighted by Crippen LogP contribution is -2.18. The first-order valence-electron chi connectivity index (χ1n) is 9.34. The van der Waals surface area contributed by atoms with E-state index in [9.17, 15) is 20.3 Å². The maximum atomic E-state index is 12.0. The quantitative estimate of drug-likeness (QED) is 0.255. The molecule has 0 amide bonds. The number of nitrogens with one attached hydrogen (secondary N) is 1. The van der Waals surface area contributed by atoms with Gasteiger partial charge in [0.1, 0.15) is 17.2 Å². The highest BCUT2D eigenvalue weighted by Crippen LogP contribution is 2.40. The van der Waals surface area contributed by atoms with Crippen LogP contribution in [0.5, 0.6) is 11.5 Å². The van der Waals surface area contributed by atoms with Gasteiger partial charge in [-0.05, 0) is 42.5 Å². The summed E-state index contributed by atoms with van der Waals surface area (Å²) < 4.78 is 1.70. The lowest BCUT2D eigenvalue weighted by Gasteiger charge is -2.13. The Morgan fingerprint density at radius 2 is 1.87 bits per heavy atom. The van der Waals surface area contributed by atoms with Gasteiger partial charge in [-0.15, -0.1) is 0 Å². The molecule has 0 radical (unpaired) electrons. The first kappa shape index (κ1) is 21.2. The fraction of sp³-hybridized carbons (Fsp3) is 0.238. The van der Waals surface area contributed by atoms with Crippen molar-refractivity contribution in [2.45, 2.75) is 6.54 Å². The minimum Gasteiger partial charge on any atom is -0.508 e. The molecule has 4 N–H and O–H groups in total. The van der Waals surface area contributed by atoms with Crippen molar-refractivity contribution in [3.8, 4) is 17.2 Å². The zero-order chi connectivity index (χ0) is 21.8. The molecule has 0 spiro atoms. The number of rotatable bonds is 8. The van der Waals surface area contributed by atoms with E-state index >= 15 is 0 Å². The summed E-state index contributed by atoms with van der Waals surface area (Å²) in [5, 5.41) is 44.7. The highest BCUT2D eigenvalue weighted by Gasteiger charge is 2.28. The molecule has 1 aromatic heterocycles. The molecule has 2 aromatic carbocycles. The number of benzene rings is 2. The number of phenols is 2. The molecule has 0 saturated heterocycles. The molecule has 9 nitrogen and oxygen atoms in total. The molecule has 1 heterocycles. The van der Waals surface area contributed by atoms with Gasteiger partial charge in [-0.3, -0.25) is 10.1 Å².